The van der Waals surface area contributed by atoms with Crippen molar-refractivity contribution in [2.75, 3.05) is 11.5 Å². The topological polar surface area (TPSA) is 110 Å². The van der Waals surface area contributed by atoms with Gasteiger partial charge in [0.15, 0.2) is 5.16 Å². The Labute approximate surface area is 128 Å². The molecule has 0 bridgehead atoms. The first kappa shape index (κ1) is 15.6. The van der Waals surface area contributed by atoms with Crippen LogP contribution in [0.15, 0.2) is 5.16 Å². The van der Waals surface area contributed by atoms with Crippen LogP contribution in [0.1, 0.15) is 39.7 Å². The third kappa shape index (κ3) is 3.47. The van der Waals surface area contributed by atoms with E-state index < -0.39 is 5.54 Å². The predicted molar refractivity (Wildman–Crippen MR) is 80.4 cm³/mol. The Balaban J connectivity index is 1.94. The molecule has 1 unspecified atom stereocenters. The fraction of sp³-hybridized carbons (Fsp3) is 0.692. The lowest BCUT2D eigenvalue weighted by atomic mass is 9.90. The van der Waals surface area contributed by atoms with E-state index in [-0.39, 0.29) is 17.6 Å². The highest BCUT2D eigenvalue weighted by atomic mass is 32.2. The first-order valence-corrected chi connectivity index (χ1v) is 7.91. The van der Waals surface area contributed by atoms with Crippen LogP contribution in [-0.4, -0.2) is 32.0 Å². The Hall–Kier alpha value is -1.75. The van der Waals surface area contributed by atoms with Crippen LogP contribution in [0.4, 0.5) is 5.95 Å². The molecule has 0 spiro atoms. The van der Waals surface area contributed by atoms with E-state index >= 15 is 0 Å². The monoisotopic (exact) mass is 308 g/mol. The molecule has 0 aromatic carbocycles. The standard InChI is InChI=1S/C13H20N6OS/c1-8(2)13(3,7-14)16-10(20)6-21-12-18-17-11(15)19(12)9-4-5-9/h8-9H,4-6H2,1-3H3,(H2,15,17)(H,16,20). The van der Waals surface area contributed by atoms with Gasteiger partial charge in [-0.3, -0.25) is 9.36 Å². The summed E-state index contributed by atoms with van der Waals surface area (Å²) in [4.78, 5) is 12.0. The van der Waals surface area contributed by atoms with Gasteiger partial charge in [0.1, 0.15) is 5.54 Å². The molecule has 0 saturated heterocycles. The number of amides is 1. The number of nitrogens with one attached hydrogen (secondary N) is 1. The minimum atomic E-state index is -0.860. The molecule has 21 heavy (non-hydrogen) atoms. The summed E-state index contributed by atoms with van der Waals surface area (Å²) in [5.41, 5.74) is 4.92. The van der Waals surface area contributed by atoms with E-state index in [0.717, 1.165) is 12.8 Å². The van der Waals surface area contributed by atoms with Crippen LogP contribution in [0.5, 0.6) is 0 Å². The van der Waals surface area contributed by atoms with Gasteiger partial charge in [0.2, 0.25) is 11.9 Å². The van der Waals surface area contributed by atoms with Crippen LogP contribution in [-0.2, 0) is 4.79 Å². The molecule has 1 amide bonds. The average Bonchev–Trinajstić information content (AvgIpc) is 3.20. The highest BCUT2D eigenvalue weighted by Crippen LogP contribution is 2.39. The van der Waals surface area contributed by atoms with Crippen LogP contribution in [0.3, 0.4) is 0 Å². The second-order valence-electron chi connectivity index (χ2n) is 5.75. The van der Waals surface area contributed by atoms with Gasteiger partial charge in [-0.2, -0.15) is 5.26 Å². The van der Waals surface area contributed by atoms with Gasteiger partial charge in [0.05, 0.1) is 11.8 Å². The molecule has 1 saturated carbocycles. The SMILES string of the molecule is CC(C)C(C)(C#N)NC(=O)CSc1nnc(N)n1C1CC1. The van der Waals surface area contributed by atoms with E-state index in [4.69, 9.17) is 5.73 Å². The number of hydrogen-bond donors (Lipinski definition) is 2. The van der Waals surface area contributed by atoms with E-state index in [1.807, 2.05) is 18.4 Å². The molecule has 3 N–H and O–H groups in total. The van der Waals surface area contributed by atoms with E-state index in [0.29, 0.717) is 17.1 Å². The normalized spacial score (nSPS) is 17.3. The van der Waals surface area contributed by atoms with Gasteiger partial charge in [0, 0.05) is 6.04 Å². The lowest BCUT2D eigenvalue weighted by molar-refractivity contribution is -0.120. The van der Waals surface area contributed by atoms with Crippen molar-refractivity contribution in [1.82, 2.24) is 20.1 Å². The smallest absolute Gasteiger partial charge is 0.231 e. The number of carbonyl (C=O) groups is 1. The van der Waals surface area contributed by atoms with Gasteiger partial charge in [-0.15, -0.1) is 10.2 Å². The number of nitrogen functional groups attached to an aromatic ring is 1. The summed E-state index contributed by atoms with van der Waals surface area (Å²) < 4.78 is 1.88. The largest absolute Gasteiger partial charge is 0.368 e. The number of carbonyl (C=O) groups excluding carboxylic acids is 1. The zero-order valence-electron chi connectivity index (χ0n) is 12.5. The first-order valence-electron chi connectivity index (χ1n) is 6.93. The second kappa shape index (κ2) is 5.93. The van der Waals surface area contributed by atoms with E-state index in [1.54, 1.807) is 6.92 Å². The molecule has 1 aliphatic carbocycles. The number of rotatable bonds is 6. The third-order valence-electron chi connectivity index (χ3n) is 3.72. The molecular formula is C13H20N6OS. The molecular weight excluding hydrogens is 288 g/mol. The maximum absolute atomic E-state index is 12.0. The van der Waals surface area contributed by atoms with Crippen LogP contribution in [0.2, 0.25) is 0 Å². The van der Waals surface area contributed by atoms with Gasteiger partial charge in [-0.1, -0.05) is 25.6 Å². The molecule has 8 heteroatoms. The number of nitrogens with zero attached hydrogens (tertiary/aromatic N) is 4. The second-order valence-corrected chi connectivity index (χ2v) is 6.69. The van der Waals surface area contributed by atoms with Crippen LogP contribution in [0, 0.1) is 17.2 Å². The molecule has 1 aromatic heterocycles. The highest BCUT2D eigenvalue weighted by Gasteiger charge is 2.31. The van der Waals surface area contributed by atoms with Gasteiger partial charge in [-0.25, -0.2) is 0 Å². The van der Waals surface area contributed by atoms with Crippen molar-refractivity contribution >= 4 is 23.6 Å². The summed E-state index contributed by atoms with van der Waals surface area (Å²) in [6, 6.07) is 2.52. The summed E-state index contributed by atoms with van der Waals surface area (Å²) in [5, 5.41) is 20.5. The lowest BCUT2D eigenvalue weighted by Crippen LogP contribution is -2.49. The molecule has 7 nitrogen and oxygen atoms in total. The molecule has 1 heterocycles. The zero-order chi connectivity index (χ0) is 15.6. The molecule has 1 fully saturated rings. The molecule has 1 atom stereocenters. The summed E-state index contributed by atoms with van der Waals surface area (Å²) in [6.45, 7) is 5.53. The number of nitrogens with two attached hydrogens (primary N) is 1. The zero-order valence-corrected chi connectivity index (χ0v) is 13.3. The Bertz CT molecular complexity index is 574. The predicted octanol–water partition coefficient (Wildman–Crippen LogP) is 1.34. The third-order valence-corrected chi connectivity index (χ3v) is 4.66. The Morgan fingerprint density at radius 3 is 2.81 bits per heavy atom. The van der Waals surface area contributed by atoms with E-state index in [2.05, 4.69) is 21.6 Å². The summed E-state index contributed by atoms with van der Waals surface area (Å²) in [7, 11) is 0. The fourth-order valence-corrected chi connectivity index (χ4v) is 2.63. The molecule has 0 radical (unpaired) electrons. The molecule has 114 valence electrons. The van der Waals surface area contributed by atoms with Gasteiger partial charge in [0.25, 0.3) is 0 Å². The Morgan fingerprint density at radius 2 is 2.29 bits per heavy atom. The molecule has 1 aromatic rings. The number of thioether (sulfide) groups is 1. The maximum Gasteiger partial charge on any atom is 0.231 e. The van der Waals surface area contributed by atoms with E-state index in [1.165, 1.54) is 11.8 Å². The van der Waals surface area contributed by atoms with Crippen molar-refractivity contribution in [3.8, 4) is 6.07 Å². The van der Waals surface area contributed by atoms with Gasteiger partial charge < -0.3 is 11.1 Å². The quantitative estimate of drug-likeness (QED) is 0.767. The van der Waals surface area contributed by atoms with Crippen LogP contribution < -0.4 is 11.1 Å². The fourth-order valence-electron chi connectivity index (χ4n) is 1.82. The number of aromatic nitrogens is 3. The van der Waals surface area contributed by atoms with Crippen molar-refractivity contribution in [3.05, 3.63) is 0 Å². The summed E-state index contributed by atoms with van der Waals surface area (Å²) >= 11 is 1.30. The first-order chi connectivity index (χ1) is 9.87. The van der Waals surface area contributed by atoms with Gasteiger partial charge in [-0.05, 0) is 25.7 Å². The number of anilines is 1. The Morgan fingerprint density at radius 1 is 1.62 bits per heavy atom. The number of nitriles is 1. The summed E-state index contributed by atoms with van der Waals surface area (Å²) in [5.74, 6) is 0.419. The van der Waals surface area contributed by atoms with Crippen molar-refractivity contribution < 1.29 is 4.79 Å². The minimum absolute atomic E-state index is 0.0298. The van der Waals surface area contributed by atoms with Crippen molar-refractivity contribution in [1.29, 1.82) is 5.26 Å². The van der Waals surface area contributed by atoms with Crippen molar-refractivity contribution in [2.24, 2.45) is 5.92 Å². The minimum Gasteiger partial charge on any atom is -0.368 e. The maximum atomic E-state index is 12.0. The molecule has 1 aliphatic rings. The van der Waals surface area contributed by atoms with Crippen LogP contribution in [0.25, 0.3) is 0 Å². The van der Waals surface area contributed by atoms with Crippen molar-refractivity contribution in [2.45, 2.75) is 50.4 Å². The molecule has 0 aliphatic heterocycles. The average molecular weight is 308 g/mol. The number of hydrogen-bond acceptors (Lipinski definition) is 6. The Kier molecular flexibility index (Phi) is 4.42. The van der Waals surface area contributed by atoms with E-state index in [9.17, 15) is 10.1 Å². The van der Waals surface area contributed by atoms with Gasteiger partial charge >= 0.3 is 0 Å². The van der Waals surface area contributed by atoms with Crippen molar-refractivity contribution in [3.63, 3.8) is 0 Å². The highest BCUT2D eigenvalue weighted by molar-refractivity contribution is 7.99. The lowest BCUT2D eigenvalue weighted by Gasteiger charge is -2.27. The summed E-state index contributed by atoms with van der Waals surface area (Å²) in [6.07, 6.45) is 2.14. The van der Waals surface area contributed by atoms with Crippen LogP contribution >= 0.6 is 11.8 Å². The molecule has 2 rings (SSSR count).